The SMILES string of the molecule is O=C1c2ccccc2C(=O)N1Cc1csc(-c2ccccc2Cl)n1. The van der Waals surface area contributed by atoms with Crippen LogP contribution >= 0.6 is 22.9 Å². The summed E-state index contributed by atoms with van der Waals surface area (Å²) in [6.07, 6.45) is 0. The average molecular weight is 355 g/mol. The number of rotatable bonds is 3. The molecule has 6 heteroatoms. The number of hydrogen-bond donors (Lipinski definition) is 0. The number of imide groups is 1. The number of benzene rings is 2. The van der Waals surface area contributed by atoms with Gasteiger partial charge in [-0.1, -0.05) is 41.9 Å². The molecule has 2 amide bonds. The molecule has 2 aromatic carbocycles. The first kappa shape index (κ1) is 15.1. The third-order valence-electron chi connectivity index (χ3n) is 3.85. The lowest BCUT2D eigenvalue weighted by Gasteiger charge is -2.11. The number of carbonyl (C=O) groups is 2. The fraction of sp³-hybridized carbons (Fsp3) is 0.0556. The summed E-state index contributed by atoms with van der Waals surface area (Å²) in [7, 11) is 0. The van der Waals surface area contributed by atoms with Gasteiger partial charge in [0.25, 0.3) is 11.8 Å². The van der Waals surface area contributed by atoms with Crippen molar-refractivity contribution in [2.45, 2.75) is 6.54 Å². The lowest BCUT2D eigenvalue weighted by molar-refractivity contribution is 0.0640. The molecule has 24 heavy (non-hydrogen) atoms. The molecule has 0 atom stereocenters. The first-order valence-electron chi connectivity index (χ1n) is 7.29. The van der Waals surface area contributed by atoms with E-state index in [2.05, 4.69) is 4.98 Å². The Labute approximate surface area is 147 Å². The maximum atomic E-state index is 12.4. The fourth-order valence-electron chi connectivity index (χ4n) is 2.68. The van der Waals surface area contributed by atoms with E-state index in [0.717, 1.165) is 10.6 Å². The third-order valence-corrected chi connectivity index (χ3v) is 5.11. The highest BCUT2D eigenvalue weighted by atomic mass is 35.5. The molecule has 118 valence electrons. The minimum Gasteiger partial charge on any atom is -0.269 e. The molecule has 2 heterocycles. The van der Waals surface area contributed by atoms with Crippen LogP contribution in [-0.4, -0.2) is 21.7 Å². The molecule has 1 aliphatic heterocycles. The van der Waals surface area contributed by atoms with E-state index < -0.39 is 0 Å². The van der Waals surface area contributed by atoms with Crippen LogP contribution in [0.1, 0.15) is 26.4 Å². The lowest BCUT2D eigenvalue weighted by Crippen LogP contribution is -2.29. The standard InChI is InChI=1S/C18H11ClN2O2S/c19-15-8-4-3-7-14(15)16-20-11(10-24-16)9-21-17(22)12-5-1-2-6-13(12)18(21)23/h1-8,10H,9H2. The number of aromatic nitrogens is 1. The van der Waals surface area contributed by atoms with Crippen molar-refractivity contribution >= 4 is 34.8 Å². The normalized spacial score (nSPS) is 13.5. The summed E-state index contributed by atoms with van der Waals surface area (Å²) >= 11 is 7.64. The predicted octanol–water partition coefficient (Wildman–Crippen LogP) is 4.26. The second-order valence-electron chi connectivity index (χ2n) is 5.37. The van der Waals surface area contributed by atoms with E-state index in [0.29, 0.717) is 21.8 Å². The molecule has 0 spiro atoms. The average Bonchev–Trinajstić information content (AvgIpc) is 3.15. The number of carbonyl (C=O) groups excluding carboxylic acids is 2. The molecule has 4 rings (SSSR count). The summed E-state index contributed by atoms with van der Waals surface area (Å²) in [6, 6.07) is 14.3. The van der Waals surface area contributed by atoms with Gasteiger partial charge in [0.15, 0.2) is 0 Å². The van der Waals surface area contributed by atoms with Crippen LogP contribution in [-0.2, 0) is 6.54 Å². The number of fused-ring (bicyclic) bond motifs is 1. The molecule has 0 unspecified atom stereocenters. The zero-order valence-corrected chi connectivity index (χ0v) is 14.0. The largest absolute Gasteiger partial charge is 0.269 e. The van der Waals surface area contributed by atoms with Crippen molar-refractivity contribution in [2.24, 2.45) is 0 Å². The molecule has 1 aromatic heterocycles. The minimum atomic E-state index is -0.275. The summed E-state index contributed by atoms with van der Waals surface area (Å²) in [4.78, 5) is 30.6. The zero-order valence-electron chi connectivity index (χ0n) is 12.4. The third kappa shape index (κ3) is 2.42. The number of thiazole rings is 1. The van der Waals surface area contributed by atoms with Gasteiger partial charge in [0.05, 0.1) is 28.4 Å². The van der Waals surface area contributed by atoms with Crippen LogP contribution in [0.4, 0.5) is 0 Å². The monoisotopic (exact) mass is 354 g/mol. The Bertz CT molecular complexity index is 932. The molecule has 0 N–H and O–H groups in total. The summed E-state index contributed by atoms with van der Waals surface area (Å²) in [5.74, 6) is -0.550. The second kappa shape index (κ2) is 5.85. The Morgan fingerprint density at radius 3 is 2.12 bits per heavy atom. The van der Waals surface area contributed by atoms with E-state index >= 15 is 0 Å². The Balaban J connectivity index is 1.61. The van der Waals surface area contributed by atoms with Crippen molar-refractivity contribution < 1.29 is 9.59 Å². The number of nitrogens with zero attached hydrogens (tertiary/aromatic N) is 2. The molecular formula is C18H11ClN2O2S. The van der Waals surface area contributed by atoms with Gasteiger partial charge in [-0.2, -0.15) is 0 Å². The van der Waals surface area contributed by atoms with E-state index in [9.17, 15) is 9.59 Å². The van der Waals surface area contributed by atoms with Crippen LogP contribution in [0.3, 0.4) is 0 Å². The van der Waals surface area contributed by atoms with Crippen LogP contribution in [0.25, 0.3) is 10.6 Å². The first-order valence-corrected chi connectivity index (χ1v) is 8.55. The molecule has 0 saturated heterocycles. The number of amides is 2. The van der Waals surface area contributed by atoms with Crippen molar-refractivity contribution in [2.75, 3.05) is 0 Å². The van der Waals surface area contributed by atoms with Crippen molar-refractivity contribution in [3.8, 4) is 10.6 Å². The van der Waals surface area contributed by atoms with Crippen LogP contribution in [0.5, 0.6) is 0 Å². The Morgan fingerprint density at radius 2 is 1.50 bits per heavy atom. The van der Waals surface area contributed by atoms with Gasteiger partial charge in [-0.3, -0.25) is 14.5 Å². The van der Waals surface area contributed by atoms with Crippen LogP contribution in [0.15, 0.2) is 53.9 Å². The molecule has 0 radical (unpaired) electrons. The minimum absolute atomic E-state index is 0.160. The summed E-state index contributed by atoms with van der Waals surface area (Å²) < 4.78 is 0. The van der Waals surface area contributed by atoms with E-state index in [1.54, 1.807) is 24.3 Å². The van der Waals surface area contributed by atoms with Gasteiger partial charge in [-0.15, -0.1) is 11.3 Å². The smallest absolute Gasteiger partial charge is 0.261 e. The zero-order chi connectivity index (χ0) is 16.7. The molecule has 0 saturated carbocycles. The quantitative estimate of drug-likeness (QED) is 0.660. The van der Waals surface area contributed by atoms with Crippen molar-refractivity contribution in [1.29, 1.82) is 0 Å². The van der Waals surface area contributed by atoms with E-state index in [1.165, 1.54) is 16.2 Å². The molecule has 4 nitrogen and oxygen atoms in total. The molecule has 0 aliphatic carbocycles. The summed E-state index contributed by atoms with van der Waals surface area (Å²) in [5, 5.41) is 3.24. The molecule has 0 bridgehead atoms. The van der Waals surface area contributed by atoms with Gasteiger partial charge in [0.2, 0.25) is 0 Å². The van der Waals surface area contributed by atoms with Gasteiger partial charge < -0.3 is 0 Å². The van der Waals surface area contributed by atoms with Crippen molar-refractivity contribution in [1.82, 2.24) is 9.88 Å². The first-order chi connectivity index (χ1) is 11.6. The topological polar surface area (TPSA) is 50.3 Å². The summed E-state index contributed by atoms with van der Waals surface area (Å²) in [6.45, 7) is 0.160. The molecule has 0 fully saturated rings. The molecule has 3 aromatic rings. The fourth-order valence-corrected chi connectivity index (χ4v) is 3.81. The Kier molecular flexibility index (Phi) is 3.67. The van der Waals surface area contributed by atoms with E-state index in [4.69, 9.17) is 11.6 Å². The van der Waals surface area contributed by atoms with Crippen LogP contribution < -0.4 is 0 Å². The number of halogens is 1. The van der Waals surface area contributed by atoms with E-state index in [1.807, 2.05) is 29.6 Å². The highest BCUT2D eigenvalue weighted by Crippen LogP contribution is 2.31. The van der Waals surface area contributed by atoms with Gasteiger partial charge in [0.1, 0.15) is 5.01 Å². The van der Waals surface area contributed by atoms with Crippen molar-refractivity contribution in [3.05, 3.63) is 75.8 Å². The molecule has 1 aliphatic rings. The maximum absolute atomic E-state index is 12.4. The maximum Gasteiger partial charge on any atom is 0.261 e. The summed E-state index contributed by atoms with van der Waals surface area (Å²) in [5.41, 5.74) is 2.41. The van der Waals surface area contributed by atoms with Gasteiger partial charge in [0, 0.05) is 10.9 Å². The van der Waals surface area contributed by atoms with Crippen molar-refractivity contribution in [3.63, 3.8) is 0 Å². The highest BCUT2D eigenvalue weighted by Gasteiger charge is 2.35. The predicted molar refractivity (Wildman–Crippen MR) is 93.2 cm³/mol. The highest BCUT2D eigenvalue weighted by molar-refractivity contribution is 7.13. The van der Waals surface area contributed by atoms with Gasteiger partial charge >= 0.3 is 0 Å². The second-order valence-corrected chi connectivity index (χ2v) is 6.63. The molecular weight excluding hydrogens is 344 g/mol. The van der Waals surface area contributed by atoms with Gasteiger partial charge in [-0.25, -0.2) is 4.98 Å². The Morgan fingerprint density at radius 1 is 0.917 bits per heavy atom. The van der Waals surface area contributed by atoms with E-state index in [-0.39, 0.29) is 18.4 Å². The Hall–Kier alpha value is -2.50. The van der Waals surface area contributed by atoms with Crippen LogP contribution in [0, 0.1) is 0 Å². The number of hydrogen-bond acceptors (Lipinski definition) is 4. The van der Waals surface area contributed by atoms with Crippen LogP contribution in [0.2, 0.25) is 5.02 Å². The van der Waals surface area contributed by atoms with Gasteiger partial charge in [-0.05, 0) is 18.2 Å². The lowest BCUT2D eigenvalue weighted by atomic mass is 10.1.